The lowest BCUT2D eigenvalue weighted by Gasteiger charge is -2.46. The molecule has 2 aromatic carbocycles. The number of aliphatic hydroxyl groups excluding tert-OH is 2. The lowest BCUT2D eigenvalue weighted by molar-refractivity contribution is -0.147. The van der Waals surface area contributed by atoms with Crippen LogP contribution in [-0.2, 0) is 27.3 Å². The predicted molar refractivity (Wildman–Crippen MR) is 152 cm³/mol. The van der Waals surface area contributed by atoms with Gasteiger partial charge in [-0.3, -0.25) is 14.4 Å². The summed E-state index contributed by atoms with van der Waals surface area (Å²) in [6, 6.07) is 11.3. The molecule has 0 unspecified atom stereocenters. The number of phenolic OH excluding ortho intramolecular Hbond substituents is 1. The number of hydrogen-bond donors (Lipinski definition) is 7. The first kappa shape index (κ1) is 27.8. The van der Waals surface area contributed by atoms with Crippen molar-refractivity contribution in [2.45, 2.75) is 31.4 Å². The van der Waals surface area contributed by atoms with Crippen molar-refractivity contribution in [1.29, 1.82) is 0 Å². The smallest absolute Gasteiger partial charge is 0.255 e. The molecule has 0 spiro atoms. The molecule has 5 rings (SSSR count). The number of primary amides is 1. The molecule has 8 N–H and O–H groups in total. The lowest BCUT2D eigenvalue weighted by Crippen LogP contribution is -2.58. The van der Waals surface area contributed by atoms with Gasteiger partial charge < -0.3 is 41.7 Å². The monoisotopic (exact) mass is 560 g/mol. The van der Waals surface area contributed by atoms with Crippen LogP contribution in [0.1, 0.15) is 29.5 Å². The number of benzene rings is 2. The number of nitrogens with zero attached hydrogens (tertiary/aromatic N) is 1. The second-order valence-electron chi connectivity index (χ2n) is 10.9. The fourth-order valence-corrected chi connectivity index (χ4v) is 6.18. The molecule has 2 aromatic rings. The van der Waals surface area contributed by atoms with Crippen LogP contribution in [0.5, 0.6) is 5.75 Å². The Bertz CT molecular complexity index is 1560. The van der Waals surface area contributed by atoms with Crippen LogP contribution in [0.4, 0.5) is 11.4 Å². The number of carbonyl (C=O) groups is 3. The number of nitrogens with two attached hydrogens (primary N) is 1. The van der Waals surface area contributed by atoms with E-state index in [0.29, 0.717) is 23.6 Å². The minimum atomic E-state index is -2.61. The first-order valence-corrected chi connectivity index (χ1v) is 13.1. The molecule has 214 valence electrons. The summed E-state index contributed by atoms with van der Waals surface area (Å²) in [4.78, 5) is 40.0. The van der Waals surface area contributed by atoms with Crippen molar-refractivity contribution in [2.75, 3.05) is 24.3 Å². The summed E-state index contributed by atoms with van der Waals surface area (Å²) in [5.41, 5.74) is 4.09. The minimum absolute atomic E-state index is 0.00156. The number of carbonyl (C=O) groups excluding carboxylic acids is 3. The molecule has 1 amide bonds. The third-order valence-corrected chi connectivity index (χ3v) is 8.16. The van der Waals surface area contributed by atoms with Crippen molar-refractivity contribution in [3.63, 3.8) is 0 Å². The van der Waals surface area contributed by atoms with Gasteiger partial charge in [0.15, 0.2) is 11.4 Å². The minimum Gasteiger partial charge on any atom is -0.508 e. The van der Waals surface area contributed by atoms with E-state index in [9.17, 15) is 34.8 Å². The molecule has 1 saturated carbocycles. The van der Waals surface area contributed by atoms with Gasteiger partial charge in [-0.15, -0.1) is 0 Å². The van der Waals surface area contributed by atoms with Crippen LogP contribution in [0.25, 0.3) is 5.76 Å². The van der Waals surface area contributed by atoms with Crippen LogP contribution in [0.15, 0.2) is 65.7 Å². The summed E-state index contributed by atoms with van der Waals surface area (Å²) < 4.78 is 0. The van der Waals surface area contributed by atoms with Crippen LogP contribution >= 0.6 is 0 Å². The Morgan fingerprint density at radius 3 is 2.46 bits per heavy atom. The standard InChI is InChI=1S/C30H32N4O7/c1-14(32-13-15-7-5-4-6-8-15)33-19-12-20(34(2)3)18-10-16-9-17-11-21(35)24(29(31)40)28(39)30(17,41)27(38)22(16)26(37)23(18)25(19)36/h4-8,12,16-17,32-33,36-37,39,41H,1,9-11,13H2,2-3H3,(H2,31,40)/t16-,17+,30+/m1/s1. The zero-order valence-corrected chi connectivity index (χ0v) is 22.7. The number of nitrogens with one attached hydrogen (secondary N) is 2. The van der Waals surface area contributed by atoms with Gasteiger partial charge in [0.1, 0.15) is 22.8 Å². The Kier molecular flexibility index (Phi) is 6.78. The van der Waals surface area contributed by atoms with Crippen LogP contribution in [0.3, 0.4) is 0 Å². The maximum atomic E-state index is 13.8. The van der Waals surface area contributed by atoms with Crippen molar-refractivity contribution in [2.24, 2.45) is 17.6 Å². The Balaban J connectivity index is 1.56. The van der Waals surface area contributed by atoms with Crippen molar-refractivity contribution in [3.05, 3.63) is 82.4 Å². The van der Waals surface area contributed by atoms with Crippen molar-refractivity contribution in [1.82, 2.24) is 5.32 Å². The fourth-order valence-electron chi connectivity index (χ4n) is 6.18. The van der Waals surface area contributed by atoms with Crippen LogP contribution in [-0.4, -0.2) is 57.6 Å². The molecule has 0 aromatic heterocycles. The number of aliphatic hydroxyl groups is 3. The van der Waals surface area contributed by atoms with E-state index in [0.717, 1.165) is 5.56 Å². The van der Waals surface area contributed by atoms with Crippen molar-refractivity contribution >= 4 is 34.6 Å². The lowest BCUT2D eigenvalue weighted by atomic mass is 9.59. The molecular weight excluding hydrogens is 528 g/mol. The van der Waals surface area contributed by atoms with E-state index in [1.807, 2.05) is 30.3 Å². The number of anilines is 2. The third kappa shape index (κ3) is 4.38. The van der Waals surface area contributed by atoms with Crippen molar-refractivity contribution < 1.29 is 34.8 Å². The number of hydrogen-bond acceptors (Lipinski definition) is 10. The number of amides is 1. The van der Waals surface area contributed by atoms with Gasteiger partial charge in [0.25, 0.3) is 5.91 Å². The van der Waals surface area contributed by atoms with E-state index in [-0.39, 0.29) is 41.8 Å². The van der Waals surface area contributed by atoms with E-state index >= 15 is 0 Å². The molecule has 3 aliphatic rings. The molecule has 3 atom stereocenters. The van der Waals surface area contributed by atoms with Gasteiger partial charge in [-0.2, -0.15) is 0 Å². The Labute approximate surface area is 236 Å². The average Bonchev–Trinajstić information content (AvgIpc) is 2.91. The summed E-state index contributed by atoms with van der Waals surface area (Å²) in [6.07, 6.45) is -0.0889. The summed E-state index contributed by atoms with van der Waals surface area (Å²) in [5, 5.41) is 51.2. The van der Waals surface area contributed by atoms with Gasteiger partial charge in [0.2, 0.25) is 5.78 Å². The van der Waals surface area contributed by atoms with Gasteiger partial charge in [0, 0.05) is 44.2 Å². The van der Waals surface area contributed by atoms with Crippen LogP contribution in [0.2, 0.25) is 0 Å². The highest BCUT2D eigenvalue weighted by molar-refractivity contribution is 6.22. The van der Waals surface area contributed by atoms with E-state index in [1.54, 1.807) is 25.1 Å². The molecule has 0 saturated heterocycles. The first-order chi connectivity index (χ1) is 19.4. The molecule has 11 heteroatoms. The highest BCUT2D eigenvalue weighted by Crippen LogP contribution is 2.54. The summed E-state index contributed by atoms with van der Waals surface area (Å²) in [6.45, 7) is 4.44. The number of phenols is 1. The third-order valence-electron chi connectivity index (χ3n) is 8.16. The van der Waals surface area contributed by atoms with Crippen molar-refractivity contribution in [3.8, 4) is 5.75 Å². The summed E-state index contributed by atoms with van der Waals surface area (Å²) in [7, 11) is 3.60. The molecule has 0 bridgehead atoms. The highest BCUT2D eigenvalue weighted by atomic mass is 16.3. The molecule has 0 aliphatic heterocycles. The first-order valence-electron chi connectivity index (χ1n) is 13.1. The average molecular weight is 561 g/mol. The van der Waals surface area contributed by atoms with E-state index in [1.165, 1.54) is 0 Å². The topological polar surface area (TPSA) is 185 Å². The van der Waals surface area contributed by atoms with Gasteiger partial charge in [-0.05, 0) is 36.0 Å². The highest BCUT2D eigenvalue weighted by Gasteiger charge is 2.60. The number of Topliss-reactive ketones (excluding diaryl/α,β-unsaturated/α-hetero) is 2. The normalized spacial score (nSPS) is 23.4. The van der Waals surface area contributed by atoms with Crippen LogP contribution < -0.4 is 21.3 Å². The van der Waals surface area contributed by atoms with Gasteiger partial charge in [-0.1, -0.05) is 36.9 Å². The van der Waals surface area contributed by atoms with E-state index in [2.05, 4.69) is 17.2 Å². The zero-order valence-electron chi connectivity index (χ0n) is 22.7. The SMILES string of the molecule is C=C(NCc1ccccc1)Nc1cc(N(C)C)c2c(c1O)C(O)=C1C(=O)[C@]3(O)C(O)=C(C(N)=O)C(=O)C[C@@H]3C[C@@H]1C2. The van der Waals surface area contributed by atoms with Gasteiger partial charge in [0.05, 0.1) is 17.1 Å². The second kappa shape index (κ2) is 10.0. The molecule has 1 fully saturated rings. The Hall–Kier alpha value is -4.77. The summed E-state index contributed by atoms with van der Waals surface area (Å²) in [5.74, 6) is -6.30. The number of aromatic hydroxyl groups is 1. The fraction of sp³-hybridized carbons (Fsp3) is 0.300. The summed E-state index contributed by atoms with van der Waals surface area (Å²) >= 11 is 0. The van der Waals surface area contributed by atoms with E-state index < -0.39 is 52.0 Å². The molecule has 0 radical (unpaired) electrons. The Morgan fingerprint density at radius 1 is 1.15 bits per heavy atom. The van der Waals surface area contributed by atoms with E-state index in [4.69, 9.17) is 5.73 Å². The maximum Gasteiger partial charge on any atom is 0.255 e. The molecule has 0 heterocycles. The van der Waals surface area contributed by atoms with Gasteiger partial charge in [-0.25, -0.2) is 0 Å². The van der Waals surface area contributed by atoms with Crippen LogP contribution in [0, 0.1) is 11.8 Å². The molecular formula is C30H32N4O7. The molecule has 11 nitrogen and oxygen atoms in total. The van der Waals surface area contributed by atoms with Gasteiger partial charge >= 0.3 is 0 Å². The second-order valence-corrected chi connectivity index (χ2v) is 10.9. The predicted octanol–water partition coefficient (Wildman–Crippen LogP) is 2.16. The molecule has 3 aliphatic carbocycles. The molecule has 41 heavy (non-hydrogen) atoms. The largest absolute Gasteiger partial charge is 0.508 e. The quantitative estimate of drug-likeness (QED) is 0.195. The zero-order chi connectivity index (χ0) is 29.8. The number of ketones is 2. The maximum absolute atomic E-state index is 13.8. The Morgan fingerprint density at radius 2 is 1.83 bits per heavy atom. The number of fused-ring (bicyclic) bond motifs is 3. The number of rotatable bonds is 7.